The lowest BCUT2D eigenvalue weighted by molar-refractivity contribution is 0.0999. The summed E-state index contributed by atoms with van der Waals surface area (Å²) >= 11 is 0. The molecule has 2 unspecified atom stereocenters. The SMILES string of the molecule is CCn1ncnc1C1C2=NCC(=O)c3cc(F)cc(c32)N=CC1c1ccc(F)cc1. The van der Waals surface area contributed by atoms with E-state index in [2.05, 4.69) is 20.1 Å². The number of carbonyl (C=O) groups is 1. The van der Waals surface area contributed by atoms with Crippen LogP contribution in [0, 0.1) is 11.6 Å². The maximum Gasteiger partial charge on any atom is 0.185 e. The fourth-order valence-corrected chi connectivity index (χ4v) is 4.18. The number of aryl methyl sites for hydroxylation is 1. The molecule has 0 amide bonds. The predicted octanol–water partition coefficient (Wildman–Crippen LogP) is 3.85. The van der Waals surface area contributed by atoms with Crippen molar-refractivity contribution in [3.63, 3.8) is 0 Å². The number of ketones is 1. The molecule has 0 saturated carbocycles. The van der Waals surface area contributed by atoms with E-state index in [-0.39, 0.29) is 29.6 Å². The van der Waals surface area contributed by atoms with Gasteiger partial charge in [-0.2, -0.15) is 5.10 Å². The van der Waals surface area contributed by atoms with Crippen LogP contribution in [0.4, 0.5) is 14.5 Å². The smallest absolute Gasteiger partial charge is 0.185 e. The zero-order chi connectivity index (χ0) is 20.8. The van der Waals surface area contributed by atoms with Crippen LogP contribution in [0.1, 0.15) is 46.1 Å². The van der Waals surface area contributed by atoms with Crippen molar-refractivity contribution in [1.29, 1.82) is 0 Å². The van der Waals surface area contributed by atoms with Gasteiger partial charge in [0.1, 0.15) is 30.3 Å². The first kappa shape index (κ1) is 18.5. The summed E-state index contributed by atoms with van der Waals surface area (Å²) in [5.41, 5.74) is 2.59. The summed E-state index contributed by atoms with van der Waals surface area (Å²) in [5.74, 6) is -1.22. The largest absolute Gasteiger partial charge is 0.292 e. The highest BCUT2D eigenvalue weighted by Crippen LogP contribution is 2.42. The van der Waals surface area contributed by atoms with E-state index in [4.69, 9.17) is 0 Å². The Hall–Kier alpha value is -3.55. The summed E-state index contributed by atoms with van der Waals surface area (Å²) in [6, 6.07) is 8.71. The molecule has 5 rings (SSSR count). The van der Waals surface area contributed by atoms with Crippen LogP contribution in [0.15, 0.2) is 52.7 Å². The maximum absolute atomic E-state index is 14.2. The number of hydrogen-bond acceptors (Lipinski definition) is 5. The summed E-state index contributed by atoms with van der Waals surface area (Å²) in [7, 11) is 0. The molecule has 2 aromatic carbocycles. The van der Waals surface area contributed by atoms with Crippen molar-refractivity contribution in [2.24, 2.45) is 9.98 Å². The van der Waals surface area contributed by atoms with Crippen LogP contribution in [0.3, 0.4) is 0 Å². The second-order valence-electron chi connectivity index (χ2n) is 7.24. The lowest BCUT2D eigenvalue weighted by atomic mass is 9.79. The molecule has 30 heavy (non-hydrogen) atoms. The molecule has 2 atom stereocenters. The lowest BCUT2D eigenvalue weighted by Crippen LogP contribution is -2.29. The fourth-order valence-electron chi connectivity index (χ4n) is 4.18. The molecule has 8 heteroatoms. The van der Waals surface area contributed by atoms with Crippen molar-refractivity contribution in [2.75, 3.05) is 6.54 Å². The number of aliphatic imine (C=N–C) groups is 2. The summed E-state index contributed by atoms with van der Waals surface area (Å²) in [5, 5.41) is 4.30. The minimum atomic E-state index is -0.524. The third kappa shape index (κ3) is 2.87. The van der Waals surface area contributed by atoms with Crippen molar-refractivity contribution in [1.82, 2.24) is 14.8 Å². The second kappa shape index (κ2) is 7.05. The molecule has 1 aromatic heterocycles. The molecule has 0 spiro atoms. The zero-order valence-electron chi connectivity index (χ0n) is 16.1. The van der Waals surface area contributed by atoms with Gasteiger partial charge in [-0.15, -0.1) is 0 Å². The maximum atomic E-state index is 14.2. The van der Waals surface area contributed by atoms with Gasteiger partial charge in [0.05, 0.1) is 17.3 Å². The quantitative estimate of drug-likeness (QED) is 0.665. The van der Waals surface area contributed by atoms with Gasteiger partial charge in [-0.1, -0.05) is 12.1 Å². The van der Waals surface area contributed by atoms with Gasteiger partial charge in [0.15, 0.2) is 5.78 Å². The van der Waals surface area contributed by atoms with Crippen molar-refractivity contribution in [3.8, 4) is 0 Å². The molecule has 0 N–H and O–H groups in total. The molecule has 6 nitrogen and oxygen atoms in total. The normalized spacial score (nSPS) is 20.0. The number of Topliss-reactive ketones (excluding diaryl/α,β-unsaturated/α-hetero) is 1. The standard InChI is InChI=1S/C22H17F2N5O/c1-2-29-22(27-11-28-29)20-16(12-3-5-13(23)6-4-12)9-25-17-8-14(24)7-15-18(30)10-26-21(20)19(15)17/h3-9,11,16,20H,2,10H2,1H3. The van der Waals surface area contributed by atoms with Crippen molar-refractivity contribution >= 4 is 23.4 Å². The van der Waals surface area contributed by atoms with Crippen LogP contribution in [-0.2, 0) is 6.54 Å². The Bertz CT molecular complexity index is 1210. The van der Waals surface area contributed by atoms with Gasteiger partial charge in [-0.25, -0.2) is 18.4 Å². The van der Waals surface area contributed by atoms with E-state index in [1.165, 1.54) is 30.6 Å². The van der Waals surface area contributed by atoms with E-state index in [9.17, 15) is 13.6 Å². The molecule has 2 aliphatic rings. The third-order valence-electron chi connectivity index (χ3n) is 5.54. The molecule has 0 saturated heterocycles. The van der Waals surface area contributed by atoms with Gasteiger partial charge >= 0.3 is 0 Å². The van der Waals surface area contributed by atoms with E-state index in [1.807, 2.05) is 6.92 Å². The molecule has 0 aliphatic carbocycles. The topological polar surface area (TPSA) is 72.5 Å². The number of hydrogen-bond donors (Lipinski definition) is 0. The van der Waals surface area contributed by atoms with Crippen molar-refractivity contribution in [2.45, 2.75) is 25.3 Å². The molecule has 0 bridgehead atoms. The highest BCUT2D eigenvalue weighted by molar-refractivity contribution is 6.21. The lowest BCUT2D eigenvalue weighted by Gasteiger charge is -2.27. The Morgan fingerprint density at radius 3 is 2.70 bits per heavy atom. The average Bonchev–Trinajstić information content (AvgIpc) is 3.15. The van der Waals surface area contributed by atoms with Crippen LogP contribution in [0.2, 0.25) is 0 Å². The average molecular weight is 405 g/mol. The van der Waals surface area contributed by atoms with E-state index in [1.54, 1.807) is 23.0 Å². The first-order valence-electron chi connectivity index (χ1n) is 9.65. The summed E-state index contributed by atoms with van der Waals surface area (Å²) in [4.78, 5) is 26.1. The monoisotopic (exact) mass is 405 g/mol. The Labute approximate surface area is 171 Å². The molecular formula is C22H17F2N5O. The number of aromatic nitrogens is 3. The van der Waals surface area contributed by atoms with Gasteiger partial charge < -0.3 is 0 Å². The summed E-state index contributed by atoms with van der Waals surface area (Å²) in [6.45, 7) is 2.48. The Kier molecular flexibility index (Phi) is 4.34. The fraction of sp³-hybridized carbons (Fsp3) is 0.227. The highest BCUT2D eigenvalue weighted by atomic mass is 19.1. The Balaban J connectivity index is 1.78. The van der Waals surface area contributed by atoms with E-state index in [0.29, 0.717) is 29.3 Å². The van der Waals surface area contributed by atoms with Gasteiger partial charge in [0, 0.05) is 35.9 Å². The van der Waals surface area contributed by atoms with Gasteiger partial charge in [0.25, 0.3) is 0 Å². The molecule has 3 heterocycles. The number of rotatable bonds is 3. The second-order valence-corrected chi connectivity index (χ2v) is 7.24. The molecule has 2 aliphatic heterocycles. The first-order valence-corrected chi connectivity index (χ1v) is 9.65. The molecule has 150 valence electrons. The van der Waals surface area contributed by atoms with Crippen LogP contribution in [0.5, 0.6) is 0 Å². The van der Waals surface area contributed by atoms with Gasteiger partial charge in [0.2, 0.25) is 0 Å². The van der Waals surface area contributed by atoms with Crippen LogP contribution < -0.4 is 0 Å². The number of carbonyl (C=O) groups excluding carboxylic acids is 1. The van der Waals surface area contributed by atoms with Crippen LogP contribution in [-0.4, -0.2) is 39.0 Å². The number of halogens is 2. The minimum absolute atomic E-state index is 0.0713. The third-order valence-corrected chi connectivity index (χ3v) is 5.54. The molecule has 0 fully saturated rings. The molecule has 0 radical (unpaired) electrons. The Morgan fingerprint density at radius 2 is 1.93 bits per heavy atom. The number of nitrogens with zero attached hydrogens (tertiary/aromatic N) is 5. The van der Waals surface area contributed by atoms with E-state index in [0.717, 1.165) is 5.56 Å². The van der Waals surface area contributed by atoms with Gasteiger partial charge in [-0.05, 0) is 30.7 Å². The van der Waals surface area contributed by atoms with Crippen molar-refractivity contribution < 1.29 is 13.6 Å². The predicted molar refractivity (Wildman–Crippen MR) is 108 cm³/mol. The Morgan fingerprint density at radius 1 is 1.13 bits per heavy atom. The molecule has 3 aromatic rings. The zero-order valence-corrected chi connectivity index (χ0v) is 16.1. The molecular weight excluding hydrogens is 388 g/mol. The highest BCUT2D eigenvalue weighted by Gasteiger charge is 2.39. The van der Waals surface area contributed by atoms with Crippen LogP contribution in [0.25, 0.3) is 0 Å². The minimum Gasteiger partial charge on any atom is -0.292 e. The van der Waals surface area contributed by atoms with Crippen molar-refractivity contribution in [3.05, 3.63) is 76.9 Å². The summed E-state index contributed by atoms with van der Waals surface area (Å²) < 4.78 is 29.6. The van der Waals surface area contributed by atoms with E-state index >= 15 is 0 Å². The first-order chi connectivity index (χ1) is 14.6. The van der Waals surface area contributed by atoms with E-state index < -0.39 is 11.7 Å². The summed E-state index contributed by atoms with van der Waals surface area (Å²) in [6.07, 6.45) is 3.18. The van der Waals surface area contributed by atoms with Crippen LogP contribution >= 0.6 is 0 Å². The number of benzene rings is 2. The van der Waals surface area contributed by atoms with Gasteiger partial charge in [-0.3, -0.25) is 14.8 Å².